The quantitative estimate of drug-likeness (QED) is 0.804. The molecule has 1 aromatic heterocycles. The molecule has 3 rings (SSSR count). The SMILES string of the molecule is O=C(NC[C@@H]1COCCN1C(=O)O)c1ccc(-c2noc(C(F)(F)F)n2)cc1. The molecule has 12 heteroatoms. The largest absolute Gasteiger partial charge is 0.471 e. The molecule has 9 nitrogen and oxygen atoms in total. The minimum atomic E-state index is -4.74. The molecule has 2 heterocycles. The summed E-state index contributed by atoms with van der Waals surface area (Å²) in [6.07, 6.45) is -5.83. The molecule has 1 aliphatic heterocycles. The molecule has 1 saturated heterocycles. The number of rotatable bonds is 4. The molecule has 1 aromatic carbocycles. The van der Waals surface area contributed by atoms with E-state index in [2.05, 4.69) is 20.0 Å². The molecule has 1 aliphatic rings. The topological polar surface area (TPSA) is 118 Å². The van der Waals surface area contributed by atoms with Gasteiger partial charge in [0.05, 0.1) is 19.3 Å². The van der Waals surface area contributed by atoms with E-state index in [9.17, 15) is 22.8 Å². The number of nitrogens with one attached hydrogen (secondary N) is 1. The van der Waals surface area contributed by atoms with E-state index in [1.54, 1.807) is 0 Å². The van der Waals surface area contributed by atoms with Crippen molar-refractivity contribution in [2.45, 2.75) is 12.2 Å². The van der Waals surface area contributed by atoms with Crippen LogP contribution in [-0.4, -0.2) is 64.5 Å². The first-order valence-electron chi connectivity index (χ1n) is 8.12. The summed E-state index contributed by atoms with van der Waals surface area (Å²) in [4.78, 5) is 27.9. The van der Waals surface area contributed by atoms with Crippen LogP contribution in [0.1, 0.15) is 16.2 Å². The molecule has 2 N–H and O–H groups in total. The minimum absolute atomic E-state index is 0.0622. The summed E-state index contributed by atoms with van der Waals surface area (Å²) < 4.78 is 46.9. The first-order chi connectivity index (χ1) is 13.3. The third-order valence-electron chi connectivity index (χ3n) is 4.05. The fourth-order valence-electron chi connectivity index (χ4n) is 2.61. The van der Waals surface area contributed by atoms with Gasteiger partial charge in [-0.2, -0.15) is 18.2 Å². The molecule has 0 radical (unpaired) electrons. The molecule has 1 fully saturated rings. The van der Waals surface area contributed by atoms with Gasteiger partial charge in [-0.1, -0.05) is 17.3 Å². The first kappa shape index (κ1) is 19.6. The number of nitrogens with zero attached hydrogens (tertiary/aromatic N) is 3. The zero-order valence-corrected chi connectivity index (χ0v) is 14.3. The Morgan fingerprint density at radius 2 is 2.00 bits per heavy atom. The van der Waals surface area contributed by atoms with Crippen molar-refractivity contribution in [1.29, 1.82) is 0 Å². The molecule has 0 saturated carbocycles. The van der Waals surface area contributed by atoms with Gasteiger partial charge in [-0.3, -0.25) is 9.69 Å². The second kappa shape index (κ2) is 7.84. The Balaban J connectivity index is 1.62. The van der Waals surface area contributed by atoms with E-state index in [0.29, 0.717) is 6.61 Å². The maximum Gasteiger partial charge on any atom is 0.471 e. The number of halogens is 3. The molecule has 150 valence electrons. The monoisotopic (exact) mass is 400 g/mol. The van der Waals surface area contributed by atoms with Gasteiger partial charge in [-0.15, -0.1) is 0 Å². The molecule has 0 aliphatic carbocycles. The molecule has 0 spiro atoms. The van der Waals surface area contributed by atoms with E-state index >= 15 is 0 Å². The van der Waals surface area contributed by atoms with Crippen molar-refractivity contribution in [3.63, 3.8) is 0 Å². The number of alkyl halides is 3. The van der Waals surface area contributed by atoms with Gasteiger partial charge in [0.25, 0.3) is 5.91 Å². The summed E-state index contributed by atoms with van der Waals surface area (Å²) in [5.74, 6) is -2.18. The first-order valence-corrected chi connectivity index (χ1v) is 8.12. The Morgan fingerprint density at radius 1 is 1.29 bits per heavy atom. The predicted molar refractivity (Wildman–Crippen MR) is 86.4 cm³/mol. The van der Waals surface area contributed by atoms with Gasteiger partial charge >= 0.3 is 18.2 Å². The highest BCUT2D eigenvalue weighted by Crippen LogP contribution is 2.29. The summed E-state index contributed by atoms with van der Waals surface area (Å²) >= 11 is 0. The van der Waals surface area contributed by atoms with Crippen molar-refractivity contribution in [2.24, 2.45) is 0 Å². The van der Waals surface area contributed by atoms with Crippen molar-refractivity contribution in [3.8, 4) is 11.4 Å². The van der Waals surface area contributed by atoms with Crippen LogP contribution in [0, 0.1) is 0 Å². The number of carboxylic acid groups (broad SMARTS) is 1. The summed E-state index contributed by atoms with van der Waals surface area (Å²) in [6.45, 7) is 0.747. The van der Waals surface area contributed by atoms with Gasteiger partial charge in [-0.25, -0.2) is 4.79 Å². The number of benzene rings is 1. The van der Waals surface area contributed by atoms with Crippen LogP contribution < -0.4 is 5.32 Å². The van der Waals surface area contributed by atoms with E-state index in [4.69, 9.17) is 9.84 Å². The fraction of sp³-hybridized carbons (Fsp3) is 0.375. The minimum Gasteiger partial charge on any atom is -0.465 e. The van der Waals surface area contributed by atoms with Crippen molar-refractivity contribution >= 4 is 12.0 Å². The number of hydrogen-bond donors (Lipinski definition) is 2. The predicted octanol–water partition coefficient (Wildman–Crippen LogP) is 1.86. The number of amides is 2. The van der Waals surface area contributed by atoms with Crippen LogP contribution in [0.15, 0.2) is 28.8 Å². The molecule has 2 aromatic rings. The average Bonchev–Trinajstić information content (AvgIpc) is 3.17. The third-order valence-corrected chi connectivity index (χ3v) is 4.05. The van der Waals surface area contributed by atoms with E-state index in [0.717, 1.165) is 0 Å². The van der Waals surface area contributed by atoms with E-state index in [-0.39, 0.29) is 36.6 Å². The molecular weight excluding hydrogens is 385 g/mol. The molecule has 28 heavy (non-hydrogen) atoms. The highest BCUT2D eigenvalue weighted by Gasteiger charge is 2.38. The van der Waals surface area contributed by atoms with E-state index in [1.165, 1.54) is 29.2 Å². The maximum atomic E-state index is 12.5. The summed E-state index contributed by atoms with van der Waals surface area (Å²) in [5.41, 5.74) is 0.482. The zero-order chi connectivity index (χ0) is 20.3. The van der Waals surface area contributed by atoms with Crippen LogP contribution >= 0.6 is 0 Å². The van der Waals surface area contributed by atoms with Gasteiger partial charge in [0, 0.05) is 24.2 Å². The van der Waals surface area contributed by atoms with Crippen LogP contribution in [0.2, 0.25) is 0 Å². The van der Waals surface area contributed by atoms with Crippen LogP contribution in [0.3, 0.4) is 0 Å². The Labute approximate surface area is 156 Å². The van der Waals surface area contributed by atoms with Gasteiger partial charge in [0.2, 0.25) is 5.82 Å². The second-order valence-electron chi connectivity index (χ2n) is 5.91. The van der Waals surface area contributed by atoms with E-state index in [1.807, 2.05) is 0 Å². The number of ether oxygens (including phenoxy) is 1. The van der Waals surface area contributed by atoms with Crippen molar-refractivity contribution in [2.75, 3.05) is 26.3 Å². The number of morpholine rings is 1. The lowest BCUT2D eigenvalue weighted by atomic mass is 10.1. The van der Waals surface area contributed by atoms with Crippen molar-refractivity contribution in [1.82, 2.24) is 20.4 Å². The van der Waals surface area contributed by atoms with Crippen LogP contribution in [0.25, 0.3) is 11.4 Å². The van der Waals surface area contributed by atoms with Crippen LogP contribution in [0.4, 0.5) is 18.0 Å². The van der Waals surface area contributed by atoms with Gasteiger partial charge in [0.1, 0.15) is 0 Å². The summed E-state index contributed by atoms with van der Waals surface area (Å²) in [5, 5.41) is 15.0. The van der Waals surface area contributed by atoms with E-state index < -0.39 is 30.1 Å². The number of carbonyl (C=O) groups excluding carboxylic acids is 1. The molecular formula is C16H15F3N4O5. The third kappa shape index (κ3) is 4.39. The Hall–Kier alpha value is -3.15. The number of hydrogen-bond acceptors (Lipinski definition) is 6. The van der Waals surface area contributed by atoms with Crippen LogP contribution in [0.5, 0.6) is 0 Å². The highest BCUT2D eigenvalue weighted by molar-refractivity contribution is 5.94. The Bertz CT molecular complexity index is 853. The molecule has 0 bridgehead atoms. The molecule has 0 unspecified atom stereocenters. The standard InChI is InChI=1S/C16H15F3N4O5/c17-16(18,19)14-21-12(22-28-14)9-1-3-10(4-2-9)13(24)20-7-11-8-27-6-5-23(11)15(25)26/h1-4,11H,5-8H2,(H,20,24)(H,25,26)/t11-/m1/s1. The lowest BCUT2D eigenvalue weighted by Crippen LogP contribution is -2.53. The zero-order valence-electron chi connectivity index (χ0n) is 14.3. The Morgan fingerprint density at radius 3 is 2.61 bits per heavy atom. The fourth-order valence-corrected chi connectivity index (χ4v) is 2.61. The lowest BCUT2D eigenvalue weighted by Gasteiger charge is -2.33. The number of carbonyl (C=O) groups is 2. The maximum absolute atomic E-state index is 12.5. The van der Waals surface area contributed by atoms with Gasteiger partial charge in [-0.05, 0) is 12.1 Å². The smallest absolute Gasteiger partial charge is 0.465 e. The summed E-state index contributed by atoms with van der Waals surface area (Å²) in [7, 11) is 0. The van der Waals surface area contributed by atoms with Gasteiger partial charge < -0.3 is 19.7 Å². The summed E-state index contributed by atoms with van der Waals surface area (Å²) in [6, 6.07) is 5.04. The lowest BCUT2D eigenvalue weighted by molar-refractivity contribution is -0.159. The Kier molecular flexibility index (Phi) is 5.49. The average molecular weight is 400 g/mol. The van der Waals surface area contributed by atoms with Crippen LogP contribution in [-0.2, 0) is 10.9 Å². The molecule has 2 amide bonds. The molecule has 1 atom stereocenters. The van der Waals surface area contributed by atoms with Gasteiger partial charge in [0.15, 0.2) is 0 Å². The number of aromatic nitrogens is 2. The second-order valence-corrected chi connectivity index (χ2v) is 5.91. The highest BCUT2D eigenvalue weighted by atomic mass is 19.4. The van der Waals surface area contributed by atoms with Crippen molar-refractivity contribution < 1.29 is 37.1 Å². The normalized spacial score (nSPS) is 17.4. The van der Waals surface area contributed by atoms with Crippen molar-refractivity contribution in [3.05, 3.63) is 35.7 Å².